The molecule has 0 saturated heterocycles. The zero-order valence-electron chi connectivity index (χ0n) is 18.3. The van der Waals surface area contributed by atoms with E-state index in [2.05, 4.69) is 0 Å². The van der Waals surface area contributed by atoms with Gasteiger partial charge in [0, 0.05) is 23.2 Å². The van der Waals surface area contributed by atoms with Gasteiger partial charge in [-0.2, -0.15) is 0 Å². The van der Waals surface area contributed by atoms with Gasteiger partial charge in [0.2, 0.25) is 0 Å². The molecule has 4 rings (SSSR count). The molecule has 0 spiro atoms. The number of aliphatic hydroxyl groups is 2. The van der Waals surface area contributed by atoms with Crippen LogP contribution >= 0.6 is 0 Å². The lowest BCUT2D eigenvalue weighted by Crippen LogP contribution is -2.69. The molecule has 0 aromatic carbocycles. The number of ketones is 2. The predicted octanol–water partition coefficient (Wildman–Crippen LogP) is 2.61. The molecule has 0 amide bonds. The molecule has 2 N–H and O–H groups in total. The smallest absolute Gasteiger partial charge is 0.305 e. The molecule has 4 aliphatic rings. The molecule has 4 aliphatic carbocycles. The van der Waals surface area contributed by atoms with E-state index in [0.717, 1.165) is 0 Å². The van der Waals surface area contributed by atoms with Gasteiger partial charge in [-0.15, -0.1) is 0 Å². The summed E-state index contributed by atoms with van der Waals surface area (Å²) in [6.45, 7) is 4.35. The fraction of sp³-hybridized carbons (Fsp3) is 0.708. The fourth-order valence-electron chi connectivity index (χ4n) is 7.14. The minimum Gasteiger partial charge on any atom is -0.459 e. The third-order valence-electron chi connectivity index (χ3n) is 8.94. The second kappa shape index (κ2) is 7.07. The zero-order valence-corrected chi connectivity index (χ0v) is 18.3. The quantitative estimate of drug-likeness (QED) is 0.660. The summed E-state index contributed by atoms with van der Waals surface area (Å²) >= 11 is 0. The number of alkyl halides is 1. The van der Waals surface area contributed by atoms with E-state index in [9.17, 15) is 24.6 Å². The summed E-state index contributed by atoms with van der Waals surface area (Å²) in [7, 11) is 0. The second-order valence-corrected chi connectivity index (χ2v) is 10.1. The van der Waals surface area contributed by atoms with Crippen LogP contribution in [-0.2, 0) is 19.1 Å². The number of rotatable bonds is 4. The number of ether oxygens (including phenoxy) is 1. The first-order valence-corrected chi connectivity index (χ1v) is 11.2. The number of esters is 1. The van der Waals surface area contributed by atoms with Crippen LogP contribution in [0.1, 0.15) is 59.3 Å². The first kappa shape index (κ1) is 22.3. The number of fused-ring (bicyclic) bond motifs is 5. The molecular formula is C24H31FO6. The lowest BCUT2D eigenvalue weighted by atomic mass is 9.44. The van der Waals surface area contributed by atoms with Crippen molar-refractivity contribution in [3.63, 3.8) is 0 Å². The lowest BCUT2D eigenvalue weighted by molar-refractivity contribution is -0.228. The summed E-state index contributed by atoms with van der Waals surface area (Å²) < 4.78 is 23.2. The van der Waals surface area contributed by atoms with Crippen molar-refractivity contribution < 1.29 is 33.7 Å². The molecule has 6 nitrogen and oxygen atoms in total. The van der Waals surface area contributed by atoms with Gasteiger partial charge in [0.25, 0.3) is 0 Å². The maximum atomic E-state index is 17.5. The zero-order chi connectivity index (χ0) is 22.8. The van der Waals surface area contributed by atoms with Crippen LogP contribution in [0.4, 0.5) is 4.39 Å². The third kappa shape index (κ3) is 2.72. The summed E-state index contributed by atoms with van der Waals surface area (Å²) in [5.74, 6) is -2.29. The summed E-state index contributed by atoms with van der Waals surface area (Å²) in [5.41, 5.74) is -5.22. The Bertz CT molecular complexity index is 895. The third-order valence-corrected chi connectivity index (χ3v) is 8.94. The van der Waals surface area contributed by atoms with E-state index in [4.69, 9.17) is 4.74 Å². The number of aliphatic hydroxyl groups excluding tert-OH is 1. The van der Waals surface area contributed by atoms with E-state index in [-0.39, 0.29) is 31.0 Å². The van der Waals surface area contributed by atoms with Crippen molar-refractivity contribution in [2.24, 2.45) is 22.7 Å². The lowest BCUT2D eigenvalue weighted by Gasteiger charge is -2.63. The van der Waals surface area contributed by atoms with Crippen LogP contribution in [0, 0.1) is 22.7 Å². The van der Waals surface area contributed by atoms with E-state index in [0.29, 0.717) is 24.8 Å². The summed E-state index contributed by atoms with van der Waals surface area (Å²) in [6.07, 6.45) is 4.88. The summed E-state index contributed by atoms with van der Waals surface area (Å²) in [5, 5.41) is 20.9. The number of allylic oxidation sites excluding steroid dienone is 4. The molecule has 7 atom stereocenters. The number of hydrogen-bond acceptors (Lipinski definition) is 6. The van der Waals surface area contributed by atoms with Crippen molar-refractivity contribution in [2.45, 2.75) is 76.7 Å². The molecule has 0 aromatic heterocycles. The number of carbonyl (C=O) groups is 3. The number of halogens is 1. The van der Waals surface area contributed by atoms with Gasteiger partial charge < -0.3 is 14.9 Å². The highest BCUT2D eigenvalue weighted by Crippen LogP contribution is 2.70. The van der Waals surface area contributed by atoms with Gasteiger partial charge in [-0.1, -0.05) is 25.5 Å². The highest BCUT2D eigenvalue weighted by Gasteiger charge is 2.75. The maximum absolute atomic E-state index is 17.5. The van der Waals surface area contributed by atoms with E-state index in [1.165, 1.54) is 12.2 Å². The van der Waals surface area contributed by atoms with Crippen LogP contribution in [0.3, 0.4) is 0 Å². The Hall–Kier alpha value is -1.86. The Morgan fingerprint density at radius 3 is 2.61 bits per heavy atom. The standard InChI is InChI=1S/C24H31FO6/c1-4-20(29)31-19-12-22(3)16(8-10-23(22,30)18(28)13-26)17-6-5-14-11-15(27)7-9-21(14,2)24(17,19)25/h7,9,11,16-17,19,26,30H,4-6,8,10,12-13H2,1-3H3/t16-,17-,19-,21-,22-,23-,24-/m0/s1. The molecule has 170 valence electrons. The fourth-order valence-corrected chi connectivity index (χ4v) is 7.14. The highest BCUT2D eigenvalue weighted by atomic mass is 19.1. The van der Waals surface area contributed by atoms with E-state index >= 15 is 4.39 Å². The Balaban J connectivity index is 1.86. The van der Waals surface area contributed by atoms with Crippen LogP contribution in [0.25, 0.3) is 0 Å². The van der Waals surface area contributed by atoms with Gasteiger partial charge in [-0.05, 0) is 57.1 Å². The Morgan fingerprint density at radius 1 is 1.26 bits per heavy atom. The van der Waals surface area contributed by atoms with Crippen LogP contribution in [0.2, 0.25) is 0 Å². The first-order valence-electron chi connectivity index (χ1n) is 11.2. The van der Waals surface area contributed by atoms with Gasteiger partial charge >= 0.3 is 5.97 Å². The minimum absolute atomic E-state index is 0.0245. The molecule has 0 aromatic rings. The maximum Gasteiger partial charge on any atom is 0.305 e. The van der Waals surface area contributed by atoms with Crippen LogP contribution in [0.5, 0.6) is 0 Å². The average Bonchev–Trinajstić information content (AvgIpc) is 3.00. The van der Waals surface area contributed by atoms with Gasteiger partial charge in [0.15, 0.2) is 17.2 Å². The normalized spacial score (nSPS) is 45.9. The monoisotopic (exact) mass is 434 g/mol. The Kier molecular flexibility index (Phi) is 5.10. The molecule has 31 heavy (non-hydrogen) atoms. The van der Waals surface area contributed by atoms with Crippen molar-refractivity contribution in [2.75, 3.05) is 6.61 Å². The Morgan fingerprint density at radius 2 is 1.97 bits per heavy atom. The van der Waals surface area contributed by atoms with Crippen molar-refractivity contribution in [1.82, 2.24) is 0 Å². The van der Waals surface area contributed by atoms with E-state index in [1.807, 2.05) is 0 Å². The molecule has 0 bridgehead atoms. The molecule has 7 heteroatoms. The van der Waals surface area contributed by atoms with Crippen molar-refractivity contribution in [3.05, 3.63) is 23.8 Å². The van der Waals surface area contributed by atoms with Gasteiger partial charge in [-0.25, -0.2) is 4.39 Å². The minimum atomic E-state index is -1.98. The molecule has 0 aliphatic heterocycles. The van der Waals surface area contributed by atoms with Crippen LogP contribution < -0.4 is 0 Å². The average molecular weight is 435 g/mol. The largest absolute Gasteiger partial charge is 0.459 e. The first-order chi connectivity index (χ1) is 14.5. The molecule has 0 radical (unpaired) electrons. The highest BCUT2D eigenvalue weighted by molar-refractivity contribution is 6.01. The molecular weight excluding hydrogens is 403 g/mol. The molecule has 3 saturated carbocycles. The van der Waals surface area contributed by atoms with E-state index < -0.39 is 52.5 Å². The van der Waals surface area contributed by atoms with Gasteiger partial charge in [-0.3, -0.25) is 14.4 Å². The van der Waals surface area contributed by atoms with Gasteiger partial charge in [0.1, 0.15) is 18.3 Å². The van der Waals surface area contributed by atoms with Crippen LogP contribution in [-0.4, -0.2) is 51.7 Å². The predicted molar refractivity (Wildman–Crippen MR) is 110 cm³/mol. The summed E-state index contributed by atoms with van der Waals surface area (Å²) in [4.78, 5) is 36.9. The second-order valence-electron chi connectivity index (χ2n) is 10.1. The van der Waals surface area contributed by atoms with E-state index in [1.54, 1.807) is 26.8 Å². The topological polar surface area (TPSA) is 101 Å². The molecule has 3 fully saturated rings. The van der Waals surface area contributed by atoms with Crippen LogP contribution in [0.15, 0.2) is 23.8 Å². The molecule has 0 unspecified atom stereocenters. The number of carbonyl (C=O) groups excluding carboxylic acids is 3. The molecule has 0 heterocycles. The van der Waals surface area contributed by atoms with Gasteiger partial charge in [0.05, 0.1) is 0 Å². The number of Topliss-reactive ketones (excluding diaryl/α,β-unsaturated/α-hetero) is 1. The SMILES string of the molecule is CCC(=O)O[C@H]1C[C@@]2(C)[C@@H](CC[C@]2(O)C(=O)CO)[C@@H]2CCC3=CC(=O)C=C[C@]3(C)[C@@]12F. The summed E-state index contributed by atoms with van der Waals surface area (Å²) in [6, 6.07) is 0. The van der Waals surface area contributed by atoms with Crippen molar-refractivity contribution in [3.8, 4) is 0 Å². The van der Waals surface area contributed by atoms with Crippen molar-refractivity contribution in [1.29, 1.82) is 0 Å². The number of hydrogen-bond donors (Lipinski definition) is 2. The Labute approximate surface area is 181 Å². The van der Waals surface area contributed by atoms with Crippen molar-refractivity contribution >= 4 is 17.5 Å².